The summed E-state index contributed by atoms with van der Waals surface area (Å²) in [6.45, 7) is 10.4. The van der Waals surface area contributed by atoms with Crippen LogP contribution in [0.25, 0.3) is 21.9 Å². The number of aryl methyl sites for hydroxylation is 2. The molecule has 24 heteroatoms. The lowest BCUT2D eigenvalue weighted by Crippen LogP contribution is -2.40. The molecule has 4 aliphatic rings. The number of nitrogens with zero attached hydrogens (tertiary/aromatic N) is 8. The summed E-state index contributed by atoms with van der Waals surface area (Å²) in [5.41, 5.74) is 5.50. The Balaban J connectivity index is 0.549. The maximum absolute atomic E-state index is 13.8. The van der Waals surface area contributed by atoms with E-state index in [2.05, 4.69) is 30.7 Å². The molecule has 3 N–H and O–H groups in total. The van der Waals surface area contributed by atoms with Crippen molar-refractivity contribution in [2.45, 2.75) is 191 Å². The van der Waals surface area contributed by atoms with Crippen molar-refractivity contribution in [3.8, 4) is 0 Å². The van der Waals surface area contributed by atoms with E-state index in [0.29, 0.717) is 92.8 Å². The number of benzene rings is 2. The number of rotatable bonds is 29. The lowest BCUT2D eigenvalue weighted by atomic mass is 9.91. The van der Waals surface area contributed by atoms with Crippen LogP contribution in [0, 0.1) is 25.5 Å². The van der Waals surface area contributed by atoms with Crippen LogP contribution in [-0.4, -0.2) is 139 Å². The van der Waals surface area contributed by atoms with E-state index in [-0.39, 0.29) is 104 Å². The molecule has 2 aromatic carbocycles. The van der Waals surface area contributed by atoms with E-state index < -0.39 is 29.9 Å². The first-order valence-electron chi connectivity index (χ1n) is 32.4. The number of aliphatic carboxylic acids is 1. The Hall–Kier alpha value is -7.73. The number of carbonyl (C=O) groups excluding carboxylic acids is 4. The second-order valence-corrected chi connectivity index (χ2v) is 24.8. The molecule has 3 unspecified atom stereocenters. The van der Waals surface area contributed by atoms with Crippen molar-refractivity contribution in [3.63, 3.8) is 0 Å². The van der Waals surface area contributed by atoms with Gasteiger partial charge in [-0.3, -0.25) is 37.9 Å². The van der Waals surface area contributed by atoms with Gasteiger partial charge in [-0.25, -0.2) is 23.5 Å². The van der Waals surface area contributed by atoms with Crippen molar-refractivity contribution in [1.82, 2.24) is 49.8 Å². The predicted octanol–water partition coefficient (Wildman–Crippen LogP) is 8.34. The van der Waals surface area contributed by atoms with Gasteiger partial charge >= 0.3 is 17.9 Å². The summed E-state index contributed by atoms with van der Waals surface area (Å²) in [7, 11) is 0. The number of esters is 2. The maximum atomic E-state index is 13.8. The molecule has 3 atom stereocenters. The molecule has 2 amide bonds. The molecule has 484 valence electrons. The summed E-state index contributed by atoms with van der Waals surface area (Å²) in [5.74, 6) is -1.73. The van der Waals surface area contributed by atoms with E-state index in [1.807, 2.05) is 13.8 Å². The van der Waals surface area contributed by atoms with Crippen LogP contribution in [-0.2, 0) is 59.4 Å². The third kappa shape index (κ3) is 16.6. The zero-order valence-electron chi connectivity index (χ0n) is 51.7. The van der Waals surface area contributed by atoms with Gasteiger partial charge in [0, 0.05) is 127 Å². The number of carboxylic acid groups (broad SMARTS) is 1. The summed E-state index contributed by atoms with van der Waals surface area (Å²) in [6.07, 6.45) is 10.6. The van der Waals surface area contributed by atoms with Crippen LogP contribution in [0.15, 0.2) is 55.0 Å². The van der Waals surface area contributed by atoms with Crippen LogP contribution in [0.5, 0.6) is 0 Å². The highest BCUT2D eigenvalue weighted by atomic mass is 19.1. The van der Waals surface area contributed by atoms with Crippen LogP contribution in [0.2, 0.25) is 0 Å². The fraction of sp³-hybridized carbons (Fsp3) is 0.591. The lowest BCUT2D eigenvalue weighted by Gasteiger charge is -2.31. The molecule has 10 rings (SSSR count). The Morgan fingerprint density at radius 1 is 0.622 bits per heavy atom. The molecule has 0 aliphatic carbocycles. The smallest absolute Gasteiger partial charge is 0.326 e. The molecule has 4 aromatic heterocycles. The second-order valence-electron chi connectivity index (χ2n) is 24.8. The molecule has 6 aromatic rings. The number of unbranched alkanes of at least 4 members (excludes halogenated alkanes) is 1. The van der Waals surface area contributed by atoms with Gasteiger partial charge in [0.1, 0.15) is 29.3 Å². The number of fused-ring (bicyclic) bond motifs is 4. The number of halogens is 2. The highest BCUT2D eigenvalue weighted by molar-refractivity contribution is 5.84. The first-order chi connectivity index (χ1) is 43.6. The molecule has 2 saturated heterocycles. The van der Waals surface area contributed by atoms with E-state index in [9.17, 15) is 47.4 Å². The number of hydrogen-bond acceptors (Lipinski definition) is 17. The number of nitrogens with one attached hydrogen (secondary N) is 2. The summed E-state index contributed by atoms with van der Waals surface area (Å²) >= 11 is 0. The topological polar surface area (TPSA) is 276 Å². The monoisotopic (exact) mass is 1250 g/mol. The normalized spacial score (nSPS) is 17.9. The van der Waals surface area contributed by atoms with Gasteiger partial charge in [-0.1, -0.05) is 10.3 Å². The summed E-state index contributed by atoms with van der Waals surface area (Å²) in [6, 6.07) is 7.91. The second kappa shape index (κ2) is 30.9. The van der Waals surface area contributed by atoms with Crippen molar-refractivity contribution in [1.29, 1.82) is 0 Å². The van der Waals surface area contributed by atoms with E-state index in [0.717, 1.165) is 130 Å². The first-order valence-corrected chi connectivity index (χ1v) is 32.4. The van der Waals surface area contributed by atoms with Gasteiger partial charge in [0.25, 0.3) is 11.1 Å². The summed E-state index contributed by atoms with van der Waals surface area (Å²) in [5, 5.41) is 25.4. The van der Waals surface area contributed by atoms with E-state index in [1.54, 1.807) is 21.3 Å². The van der Waals surface area contributed by atoms with Crippen LogP contribution in [0.4, 0.5) is 8.78 Å². The summed E-state index contributed by atoms with van der Waals surface area (Å²) < 4.78 is 52.8. The number of carboxylic acids is 1. The van der Waals surface area contributed by atoms with Gasteiger partial charge in [-0.2, -0.15) is 0 Å². The molecular formula is C66H84F2N10O12. The molecule has 2 fully saturated rings. The van der Waals surface area contributed by atoms with Gasteiger partial charge in [0.2, 0.25) is 11.8 Å². The molecule has 0 saturated carbocycles. The minimum atomic E-state index is -1.19. The minimum absolute atomic E-state index is 0.00849. The molecule has 90 heavy (non-hydrogen) atoms. The molecule has 8 heterocycles. The number of likely N-dealkylation sites (tertiary alicyclic amines) is 2. The quantitative estimate of drug-likeness (QED) is 0.0294. The first kappa shape index (κ1) is 65.2. The fourth-order valence-corrected chi connectivity index (χ4v) is 13.6. The Kier molecular flexibility index (Phi) is 22.4. The van der Waals surface area contributed by atoms with Crippen LogP contribution in [0.3, 0.4) is 0 Å². The third-order valence-electron chi connectivity index (χ3n) is 18.7. The molecule has 0 bridgehead atoms. The van der Waals surface area contributed by atoms with Crippen molar-refractivity contribution >= 4 is 51.7 Å². The summed E-state index contributed by atoms with van der Waals surface area (Å²) in [4.78, 5) is 105. The fourth-order valence-electron chi connectivity index (χ4n) is 13.6. The zero-order valence-corrected chi connectivity index (χ0v) is 51.7. The van der Waals surface area contributed by atoms with Gasteiger partial charge in [-0.05, 0) is 173 Å². The molecule has 4 aliphatic heterocycles. The average molecular weight is 1250 g/mol. The average Bonchev–Trinajstić information content (AvgIpc) is 1.21. The predicted molar refractivity (Wildman–Crippen MR) is 328 cm³/mol. The Morgan fingerprint density at radius 2 is 1.09 bits per heavy atom. The van der Waals surface area contributed by atoms with Crippen molar-refractivity contribution in [3.05, 3.63) is 114 Å². The standard InChI is InChI=1S/C66H84F2N10O12/c1-41-49(24-35-75-31-20-43(21-32-75)60-51-18-16-47(67)39-54(51)89-73-60)64(83)77-29-7-9-45(62(77)70-41)26-37-87-58(81)14-5-12-56(79)69-28-4-3-11-53(66(85)86)72-57(80)13-6-15-59(82)88-38-27-46-10-8-30-78-63(46)71-42(2)50(65(78)84)25-36-76-33-22-44(23-34-76)61-52-19-17-48(68)40-55(52)90-74-61/h16-19,39-40,43-46,53H,3-15,20-38H2,1-2H3,(H,69,79)(H,72,80)(H,85,86). The minimum Gasteiger partial charge on any atom is -0.480 e. The zero-order chi connectivity index (χ0) is 63.3. The number of hydrogen-bond donors (Lipinski definition) is 3. The molecule has 22 nitrogen and oxygen atoms in total. The van der Waals surface area contributed by atoms with Gasteiger partial charge in [-0.15, -0.1) is 0 Å². The van der Waals surface area contributed by atoms with Crippen molar-refractivity contribution < 1.29 is 56.4 Å². The lowest BCUT2D eigenvalue weighted by molar-refractivity contribution is -0.145. The van der Waals surface area contributed by atoms with Crippen molar-refractivity contribution in [2.24, 2.45) is 0 Å². The SMILES string of the molecule is Cc1nc2n(c(=O)c1CCN1CCC(c3noc4cc(F)ccc34)CC1)CCCC2CCOC(=O)CCCC(=O)NCCCCC(NC(=O)CCCC(=O)OCCC1CCCn2c1nc(C)c(CCN1CCC(c3noc4cc(F)ccc34)CC1)c2=O)C(=O)O. The Labute approximate surface area is 520 Å². The number of carbonyl (C=O) groups is 5. The number of amides is 2. The maximum Gasteiger partial charge on any atom is 0.326 e. The highest BCUT2D eigenvalue weighted by Crippen LogP contribution is 2.36. The molecule has 0 spiro atoms. The van der Waals surface area contributed by atoms with E-state index in [1.165, 1.54) is 24.3 Å². The van der Waals surface area contributed by atoms with Gasteiger partial charge < -0.3 is 44.1 Å². The number of ether oxygens (including phenoxy) is 2. The van der Waals surface area contributed by atoms with E-state index >= 15 is 0 Å². The van der Waals surface area contributed by atoms with Crippen LogP contribution < -0.4 is 21.8 Å². The third-order valence-corrected chi connectivity index (χ3v) is 18.7. The highest BCUT2D eigenvalue weighted by Gasteiger charge is 2.31. The Morgan fingerprint density at radius 3 is 1.56 bits per heavy atom. The van der Waals surface area contributed by atoms with Crippen LogP contribution >= 0.6 is 0 Å². The van der Waals surface area contributed by atoms with Crippen LogP contribution in [0.1, 0.15) is 191 Å². The molecule has 0 radical (unpaired) electrons. The largest absolute Gasteiger partial charge is 0.480 e. The Bertz CT molecular complexity index is 3640. The van der Waals surface area contributed by atoms with Crippen molar-refractivity contribution in [2.75, 3.05) is 59.0 Å². The van der Waals surface area contributed by atoms with Gasteiger partial charge in [0.05, 0.1) is 24.6 Å². The number of aromatic nitrogens is 6. The molecular weight excluding hydrogens is 1160 g/mol. The van der Waals surface area contributed by atoms with E-state index in [4.69, 9.17) is 28.5 Å². The van der Waals surface area contributed by atoms with Gasteiger partial charge in [0.15, 0.2) is 11.2 Å². The number of piperidine rings is 2.